The Bertz CT molecular complexity index is 183. The van der Waals surface area contributed by atoms with Gasteiger partial charge in [-0.3, -0.25) is 0 Å². The van der Waals surface area contributed by atoms with E-state index < -0.39 is 0 Å². The summed E-state index contributed by atoms with van der Waals surface area (Å²) >= 11 is 1.78. The Labute approximate surface area is 66.6 Å². The van der Waals surface area contributed by atoms with Crippen LogP contribution >= 0.6 is 11.8 Å². The second kappa shape index (κ2) is 3.67. The van der Waals surface area contributed by atoms with E-state index in [1.165, 1.54) is 10.5 Å². The van der Waals surface area contributed by atoms with Crippen LogP contribution in [-0.4, -0.2) is 6.26 Å². The predicted molar refractivity (Wildman–Crippen MR) is 47.3 cm³/mol. The van der Waals surface area contributed by atoms with Gasteiger partial charge in [-0.1, -0.05) is 18.2 Å². The topological polar surface area (TPSA) is 0 Å². The van der Waals surface area contributed by atoms with E-state index in [1.807, 2.05) is 0 Å². The van der Waals surface area contributed by atoms with Gasteiger partial charge in [-0.25, -0.2) is 0 Å². The minimum Gasteiger partial charge on any atom is -0.129 e. The Morgan fingerprint density at radius 3 is 2.60 bits per heavy atom. The summed E-state index contributed by atoms with van der Waals surface area (Å²) in [5, 5.41) is 0. The fourth-order valence-electron chi connectivity index (χ4n) is 0.910. The smallest absolute Gasteiger partial charge is 0.0101 e. The van der Waals surface area contributed by atoms with Crippen LogP contribution in [0.2, 0.25) is 0 Å². The zero-order chi connectivity index (χ0) is 7.40. The van der Waals surface area contributed by atoms with Crippen molar-refractivity contribution in [3.63, 3.8) is 0 Å². The van der Waals surface area contributed by atoms with Crippen molar-refractivity contribution < 1.29 is 0 Å². The minimum absolute atomic E-state index is 0.886. The molecule has 0 aliphatic carbocycles. The number of thioether (sulfide) groups is 1. The van der Waals surface area contributed by atoms with Crippen LogP contribution in [0.5, 0.6) is 0 Å². The second-order valence-corrected chi connectivity index (χ2v) is 2.91. The number of rotatable bonds is 2. The third kappa shape index (κ3) is 1.54. The lowest BCUT2D eigenvalue weighted by molar-refractivity contribution is 1.18. The average molecular weight is 151 g/mol. The van der Waals surface area contributed by atoms with Crippen molar-refractivity contribution in [2.45, 2.75) is 11.3 Å². The van der Waals surface area contributed by atoms with Gasteiger partial charge in [-0.2, -0.15) is 0 Å². The predicted octanol–water partition coefficient (Wildman–Crippen LogP) is 2.79. The normalized spacial score (nSPS) is 9.80. The standard InChI is InChI=1S/C9H11S/c1-3-8-6-4-5-7-9(8)10-2/h4-7H,1,3H2,2H3. The molecule has 0 spiro atoms. The van der Waals surface area contributed by atoms with Crippen LogP contribution in [0.4, 0.5) is 0 Å². The molecule has 0 bridgehead atoms. The summed E-state index contributed by atoms with van der Waals surface area (Å²) < 4.78 is 0. The second-order valence-electron chi connectivity index (χ2n) is 2.06. The molecule has 0 aliphatic heterocycles. The van der Waals surface area contributed by atoms with Gasteiger partial charge in [-0.15, -0.1) is 11.8 Å². The van der Waals surface area contributed by atoms with Gasteiger partial charge in [-0.05, 0) is 31.2 Å². The Balaban J connectivity index is 2.96. The molecule has 0 saturated carbocycles. The van der Waals surface area contributed by atoms with Gasteiger partial charge in [0.25, 0.3) is 0 Å². The van der Waals surface area contributed by atoms with Crippen molar-refractivity contribution in [2.75, 3.05) is 6.26 Å². The lowest BCUT2D eigenvalue weighted by Crippen LogP contribution is -1.82. The zero-order valence-corrected chi connectivity index (χ0v) is 6.95. The summed E-state index contributed by atoms with van der Waals surface area (Å²) in [7, 11) is 0. The van der Waals surface area contributed by atoms with Gasteiger partial charge in [0.15, 0.2) is 0 Å². The molecular formula is C9H11S. The molecule has 1 aromatic rings. The fraction of sp³-hybridized carbons (Fsp3) is 0.222. The van der Waals surface area contributed by atoms with Crippen LogP contribution in [0.15, 0.2) is 29.2 Å². The van der Waals surface area contributed by atoms with E-state index in [2.05, 4.69) is 37.4 Å². The maximum Gasteiger partial charge on any atom is 0.0101 e. The first-order valence-corrected chi connectivity index (χ1v) is 4.52. The Morgan fingerprint density at radius 2 is 2.10 bits per heavy atom. The van der Waals surface area contributed by atoms with E-state index in [0.717, 1.165) is 6.42 Å². The van der Waals surface area contributed by atoms with Crippen LogP contribution in [-0.2, 0) is 6.42 Å². The summed E-state index contributed by atoms with van der Waals surface area (Å²) in [6, 6.07) is 8.37. The SMILES string of the molecule is [CH2]Cc1ccccc1SC. The molecule has 0 heterocycles. The lowest BCUT2D eigenvalue weighted by Gasteiger charge is -2.01. The molecule has 10 heavy (non-hydrogen) atoms. The monoisotopic (exact) mass is 151 g/mol. The third-order valence-corrected chi connectivity index (χ3v) is 2.30. The molecular weight excluding hydrogens is 140 g/mol. The van der Waals surface area contributed by atoms with Crippen molar-refractivity contribution in [1.82, 2.24) is 0 Å². The largest absolute Gasteiger partial charge is 0.129 e. The highest BCUT2D eigenvalue weighted by Crippen LogP contribution is 2.19. The Kier molecular flexibility index (Phi) is 2.82. The first kappa shape index (κ1) is 7.67. The molecule has 0 unspecified atom stereocenters. The van der Waals surface area contributed by atoms with E-state index in [4.69, 9.17) is 0 Å². The van der Waals surface area contributed by atoms with Crippen LogP contribution in [0, 0.1) is 6.92 Å². The quantitative estimate of drug-likeness (QED) is 0.586. The van der Waals surface area contributed by atoms with Gasteiger partial charge in [0, 0.05) is 4.90 Å². The summed E-state index contributed by atoms with van der Waals surface area (Å²) in [6.45, 7) is 3.85. The summed E-state index contributed by atoms with van der Waals surface area (Å²) in [5.74, 6) is 0. The van der Waals surface area contributed by atoms with Gasteiger partial charge in [0.2, 0.25) is 0 Å². The van der Waals surface area contributed by atoms with Gasteiger partial charge < -0.3 is 0 Å². The van der Waals surface area contributed by atoms with Crippen molar-refractivity contribution in [2.24, 2.45) is 0 Å². The molecule has 0 amide bonds. The third-order valence-electron chi connectivity index (χ3n) is 1.46. The highest BCUT2D eigenvalue weighted by atomic mass is 32.2. The molecule has 0 N–H and O–H groups in total. The highest BCUT2D eigenvalue weighted by Gasteiger charge is 1.94. The van der Waals surface area contributed by atoms with Crippen LogP contribution in [0.3, 0.4) is 0 Å². The molecule has 1 heteroatoms. The van der Waals surface area contributed by atoms with Crippen molar-refractivity contribution in [3.8, 4) is 0 Å². The lowest BCUT2D eigenvalue weighted by atomic mass is 10.2. The maximum atomic E-state index is 3.85. The first-order valence-electron chi connectivity index (χ1n) is 3.29. The number of benzene rings is 1. The number of hydrogen-bond donors (Lipinski definition) is 0. The zero-order valence-electron chi connectivity index (χ0n) is 6.13. The van der Waals surface area contributed by atoms with Gasteiger partial charge in [0.05, 0.1) is 0 Å². The van der Waals surface area contributed by atoms with E-state index in [-0.39, 0.29) is 0 Å². The summed E-state index contributed by atoms with van der Waals surface area (Å²) in [6.07, 6.45) is 2.98. The number of hydrogen-bond acceptors (Lipinski definition) is 1. The van der Waals surface area contributed by atoms with E-state index >= 15 is 0 Å². The van der Waals surface area contributed by atoms with Crippen LogP contribution in [0.25, 0.3) is 0 Å². The molecule has 0 nitrogen and oxygen atoms in total. The van der Waals surface area contributed by atoms with E-state index in [0.29, 0.717) is 0 Å². The Morgan fingerprint density at radius 1 is 1.40 bits per heavy atom. The molecule has 0 saturated heterocycles. The molecule has 1 rings (SSSR count). The van der Waals surface area contributed by atoms with Gasteiger partial charge >= 0.3 is 0 Å². The molecule has 1 aromatic carbocycles. The molecule has 0 fully saturated rings. The average Bonchev–Trinajstić information content (AvgIpc) is 2.04. The van der Waals surface area contributed by atoms with Gasteiger partial charge in [0.1, 0.15) is 0 Å². The van der Waals surface area contributed by atoms with Crippen LogP contribution in [0.1, 0.15) is 5.56 Å². The molecule has 0 aromatic heterocycles. The minimum atomic E-state index is 0.886. The highest BCUT2D eigenvalue weighted by molar-refractivity contribution is 7.98. The maximum absolute atomic E-state index is 3.85. The fourth-order valence-corrected chi connectivity index (χ4v) is 1.56. The summed E-state index contributed by atoms with van der Waals surface area (Å²) in [5.41, 5.74) is 1.34. The molecule has 53 valence electrons. The molecule has 0 atom stereocenters. The van der Waals surface area contributed by atoms with Crippen molar-refractivity contribution in [1.29, 1.82) is 0 Å². The molecule has 0 aliphatic rings. The van der Waals surface area contributed by atoms with Crippen LogP contribution < -0.4 is 0 Å². The van der Waals surface area contributed by atoms with Crippen molar-refractivity contribution >= 4 is 11.8 Å². The van der Waals surface area contributed by atoms with E-state index in [9.17, 15) is 0 Å². The van der Waals surface area contributed by atoms with E-state index in [1.54, 1.807) is 11.8 Å². The Hall–Kier alpha value is -0.430. The first-order chi connectivity index (χ1) is 4.88. The van der Waals surface area contributed by atoms with Crippen molar-refractivity contribution in [3.05, 3.63) is 36.8 Å². The molecule has 1 radical (unpaired) electrons. The summed E-state index contributed by atoms with van der Waals surface area (Å²) in [4.78, 5) is 1.34.